The minimum Gasteiger partial charge on any atom is -0.507 e. The second-order valence-electron chi connectivity index (χ2n) is 7.63. The third-order valence-electron chi connectivity index (χ3n) is 5.31. The number of phenols is 2. The van der Waals surface area contributed by atoms with Crippen LogP contribution in [0.2, 0.25) is 0 Å². The first kappa shape index (κ1) is 15.9. The van der Waals surface area contributed by atoms with Crippen molar-refractivity contribution in [2.75, 3.05) is 0 Å². The summed E-state index contributed by atoms with van der Waals surface area (Å²) in [4.78, 5) is 0. The molecule has 1 aliphatic rings. The van der Waals surface area contributed by atoms with Gasteiger partial charge in [0, 0.05) is 17.0 Å². The fourth-order valence-electron chi connectivity index (χ4n) is 3.83. The zero-order chi connectivity index (χ0) is 16.9. The lowest BCUT2D eigenvalue weighted by Crippen LogP contribution is -2.14. The standard InChI is InChI=1S/C21H26O2/c1-12-8-14(3)19(22)16(10-12)18(21(5)6-7-21)17-11-13(2)9-15(4)20(17)23/h8-11,18,22-23H,6-7H2,1-5H3. The molecule has 3 rings (SSSR count). The van der Waals surface area contributed by atoms with Crippen molar-refractivity contribution in [3.8, 4) is 11.5 Å². The third-order valence-corrected chi connectivity index (χ3v) is 5.31. The highest BCUT2D eigenvalue weighted by atomic mass is 16.3. The van der Waals surface area contributed by atoms with Crippen LogP contribution in [0.15, 0.2) is 24.3 Å². The van der Waals surface area contributed by atoms with E-state index < -0.39 is 0 Å². The van der Waals surface area contributed by atoms with Gasteiger partial charge in [0.05, 0.1) is 0 Å². The Kier molecular flexibility index (Phi) is 3.66. The average molecular weight is 310 g/mol. The van der Waals surface area contributed by atoms with Crippen LogP contribution in [0, 0.1) is 33.1 Å². The molecular weight excluding hydrogens is 284 g/mol. The molecule has 0 spiro atoms. The lowest BCUT2D eigenvalue weighted by atomic mass is 9.76. The topological polar surface area (TPSA) is 40.5 Å². The van der Waals surface area contributed by atoms with Crippen molar-refractivity contribution in [3.05, 3.63) is 57.6 Å². The molecule has 2 nitrogen and oxygen atoms in total. The molecule has 0 radical (unpaired) electrons. The zero-order valence-electron chi connectivity index (χ0n) is 14.7. The second kappa shape index (κ2) is 5.30. The Balaban J connectivity index is 2.26. The van der Waals surface area contributed by atoms with Crippen LogP contribution in [-0.2, 0) is 0 Å². The summed E-state index contributed by atoms with van der Waals surface area (Å²) in [7, 11) is 0. The molecule has 2 aromatic rings. The summed E-state index contributed by atoms with van der Waals surface area (Å²) >= 11 is 0. The van der Waals surface area contributed by atoms with E-state index in [9.17, 15) is 10.2 Å². The van der Waals surface area contributed by atoms with Crippen LogP contribution in [0.3, 0.4) is 0 Å². The molecule has 2 aromatic carbocycles. The number of rotatable bonds is 3. The maximum atomic E-state index is 10.7. The summed E-state index contributed by atoms with van der Waals surface area (Å²) < 4.78 is 0. The summed E-state index contributed by atoms with van der Waals surface area (Å²) in [5, 5.41) is 21.4. The first-order chi connectivity index (χ1) is 10.7. The minimum absolute atomic E-state index is 0.0275. The zero-order valence-corrected chi connectivity index (χ0v) is 14.7. The quantitative estimate of drug-likeness (QED) is 0.811. The van der Waals surface area contributed by atoms with Crippen LogP contribution in [0.1, 0.15) is 59.1 Å². The molecule has 2 heteroatoms. The molecule has 0 unspecified atom stereocenters. The molecule has 122 valence electrons. The fourth-order valence-corrected chi connectivity index (χ4v) is 3.83. The van der Waals surface area contributed by atoms with E-state index in [1.54, 1.807) is 0 Å². The van der Waals surface area contributed by atoms with Crippen LogP contribution in [-0.4, -0.2) is 10.2 Å². The minimum atomic E-state index is 0.0275. The normalized spacial score (nSPS) is 15.9. The maximum absolute atomic E-state index is 10.7. The van der Waals surface area contributed by atoms with Gasteiger partial charge < -0.3 is 10.2 Å². The third kappa shape index (κ3) is 2.71. The highest BCUT2D eigenvalue weighted by Crippen LogP contribution is 2.61. The highest BCUT2D eigenvalue weighted by Gasteiger charge is 2.48. The van der Waals surface area contributed by atoms with E-state index in [4.69, 9.17) is 0 Å². The van der Waals surface area contributed by atoms with Crippen LogP contribution < -0.4 is 0 Å². The van der Waals surface area contributed by atoms with E-state index in [1.165, 1.54) is 0 Å². The Bertz CT molecular complexity index is 712. The SMILES string of the molecule is Cc1cc(C)c(O)c(C(c2cc(C)cc(C)c2O)C2(C)CC2)c1. The lowest BCUT2D eigenvalue weighted by molar-refractivity contribution is 0.414. The van der Waals surface area contributed by atoms with E-state index >= 15 is 0 Å². The van der Waals surface area contributed by atoms with E-state index in [-0.39, 0.29) is 11.3 Å². The Labute approximate surface area is 138 Å². The van der Waals surface area contributed by atoms with Gasteiger partial charge in [0.2, 0.25) is 0 Å². The van der Waals surface area contributed by atoms with Gasteiger partial charge in [-0.15, -0.1) is 0 Å². The molecule has 0 bridgehead atoms. The van der Waals surface area contributed by atoms with E-state index in [2.05, 4.69) is 32.9 Å². The molecular formula is C21H26O2. The molecule has 1 fully saturated rings. The summed E-state index contributed by atoms with van der Waals surface area (Å²) in [6.07, 6.45) is 2.24. The van der Waals surface area contributed by atoms with Crippen LogP contribution >= 0.6 is 0 Å². The van der Waals surface area contributed by atoms with Gasteiger partial charge in [0.25, 0.3) is 0 Å². The molecule has 1 saturated carbocycles. The number of aryl methyl sites for hydroxylation is 4. The van der Waals surface area contributed by atoms with Crippen molar-refractivity contribution in [3.63, 3.8) is 0 Å². The van der Waals surface area contributed by atoms with Crippen molar-refractivity contribution >= 4 is 0 Å². The van der Waals surface area contributed by atoms with Crippen molar-refractivity contribution < 1.29 is 10.2 Å². The Morgan fingerprint density at radius 3 is 1.52 bits per heavy atom. The number of hydrogen-bond donors (Lipinski definition) is 2. The van der Waals surface area contributed by atoms with Gasteiger partial charge in [-0.1, -0.05) is 42.3 Å². The van der Waals surface area contributed by atoms with Crippen molar-refractivity contribution in [2.24, 2.45) is 5.41 Å². The molecule has 0 amide bonds. The lowest BCUT2D eigenvalue weighted by Gasteiger charge is -2.28. The molecule has 0 atom stereocenters. The molecule has 0 aromatic heterocycles. The fraction of sp³-hybridized carbons (Fsp3) is 0.429. The van der Waals surface area contributed by atoms with Gasteiger partial charge in [-0.3, -0.25) is 0 Å². The van der Waals surface area contributed by atoms with Crippen molar-refractivity contribution in [1.82, 2.24) is 0 Å². The molecule has 2 N–H and O–H groups in total. The van der Waals surface area contributed by atoms with E-state index in [0.29, 0.717) is 11.5 Å². The summed E-state index contributed by atoms with van der Waals surface area (Å²) in [5.41, 5.74) is 6.10. The molecule has 0 saturated heterocycles. The Morgan fingerprint density at radius 2 is 1.17 bits per heavy atom. The maximum Gasteiger partial charge on any atom is 0.122 e. The van der Waals surface area contributed by atoms with Gasteiger partial charge in [0.1, 0.15) is 11.5 Å². The van der Waals surface area contributed by atoms with Crippen LogP contribution in [0.25, 0.3) is 0 Å². The van der Waals surface area contributed by atoms with Crippen LogP contribution in [0.4, 0.5) is 0 Å². The summed E-state index contributed by atoms with van der Waals surface area (Å²) in [6, 6.07) is 8.17. The first-order valence-electron chi connectivity index (χ1n) is 8.33. The highest BCUT2D eigenvalue weighted by molar-refractivity contribution is 5.55. The van der Waals surface area contributed by atoms with Gasteiger partial charge in [-0.2, -0.15) is 0 Å². The monoisotopic (exact) mass is 310 g/mol. The molecule has 0 heterocycles. The van der Waals surface area contributed by atoms with Crippen molar-refractivity contribution in [1.29, 1.82) is 0 Å². The van der Waals surface area contributed by atoms with E-state index in [1.807, 2.05) is 26.0 Å². The molecule has 23 heavy (non-hydrogen) atoms. The smallest absolute Gasteiger partial charge is 0.122 e. The van der Waals surface area contributed by atoms with Gasteiger partial charge in [-0.25, -0.2) is 0 Å². The Hall–Kier alpha value is -1.96. The molecule has 0 aliphatic heterocycles. The number of benzene rings is 2. The predicted octanol–water partition coefficient (Wildman–Crippen LogP) is 5.26. The van der Waals surface area contributed by atoms with Crippen molar-refractivity contribution in [2.45, 2.75) is 53.4 Å². The van der Waals surface area contributed by atoms with Gasteiger partial charge >= 0.3 is 0 Å². The van der Waals surface area contributed by atoms with Crippen LogP contribution in [0.5, 0.6) is 11.5 Å². The number of hydrogen-bond acceptors (Lipinski definition) is 2. The Morgan fingerprint density at radius 1 is 0.783 bits per heavy atom. The van der Waals surface area contributed by atoms with Gasteiger partial charge in [-0.05, 0) is 57.1 Å². The average Bonchev–Trinajstić information content (AvgIpc) is 3.19. The second-order valence-corrected chi connectivity index (χ2v) is 7.63. The number of aromatic hydroxyl groups is 2. The number of phenolic OH excluding ortho intramolecular Hbond substituents is 2. The largest absolute Gasteiger partial charge is 0.507 e. The summed E-state index contributed by atoms with van der Waals surface area (Å²) in [6.45, 7) is 10.3. The van der Waals surface area contributed by atoms with E-state index in [0.717, 1.165) is 46.2 Å². The predicted molar refractivity (Wildman–Crippen MR) is 94.3 cm³/mol. The first-order valence-corrected chi connectivity index (χ1v) is 8.33. The van der Waals surface area contributed by atoms with Gasteiger partial charge in [0.15, 0.2) is 0 Å². The molecule has 1 aliphatic carbocycles. The summed E-state index contributed by atoms with van der Waals surface area (Å²) in [5.74, 6) is 0.763.